The van der Waals surface area contributed by atoms with Gasteiger partial charge < -0.3 is 9.30 Å². The highest BCUT2D eigenvalue weighted by molar-refractivity contribution is 6.31. The molecule has 1 aromatic heterocycles. The second kappa shape index (κ2) is 5.00. The number of imidazole rings is 1. The molecule has 0 aliphatic carbocycles. The smallest absolute Gasteiger partial charge is 0.255 e. The maximum Gasteiger partial charge on any atom is 0.255 e. The number of carbonyl (C=O) groups excluding carboxylic acids is 1. The lowest BCUT2D eigenvalue weighted by molar-refractivity contribution is -0.130. The molecule has 1 saturated heterocycles. The normalized spacial score (nSPS) is 20.9. The Balaban J connectivity index is 1.82. The van der Waals surface area contributed by atoms with Gasteiger partial charge in [-0.2, -0.15) is 0 Å². The Morgan fingerprint density at radius 2 is 2.29 bits per heavy atom. The first-order chi connectivity index (χ1) is 9.85. The average Bonchev–Trinajstić information content (AvgIpc) is 2.91. The number of aryl methyl sites for hydroxylation is 1. The predicted molar refractivity (Wildman–Crippen MR) is 82.5 cm³/mol. The minimum absolute atomic E-state index is 0.148. The fraction of sp³-hybridized carbons (Fsp3) is 0.467. The summed E-state index contributed by atoms with van der Waals surface area (Å²) in [5.41, 5.74) is 1.44. The van der Waals surface area contributed by atoms with Gasteiger partial charge in [-0.1, -0.05) is 11.6 Å². The molecular formula is C15H18ClN3O2. The van der Waals surface area contributed by atoms with E-state index >= 15 is 0 Å². The van der Waals surface area contributed by atoms with Crippen LogP contribution in [0.25, 0.3) is 11.0 Å². The molecule has 1 amide bonds. The Bertz CT molecular complexity index is 708. The van der Waals surface area contributed by atoms with Crippen LogP contribution >= 0.6 is 11.6 Å². The van der Waals surface area contributed by atoms with Gasteiger partial charge in [0.1, 0.15) is 6.10 Å². The molecule has 0 saturated carbocycles. The lowest BCUT2D eigenvalue weighted by Gasteiger charge is -2.18. The molecule has 2 aromatic rings. The standard InChI is InChI=1S/C15H18ClN3O2/c1-15(2)7-6-12(21-15)13(20)18-14-17-10-8-9(16)4-5-11(10)19(14)3/h4-5,8,12H,6-7H2,1-3H3,(H,17,18,20). The SMILES string of the molecule is Cn1c(NC(=O)C2CCC(C)(C)O2)nc2cc(Cl)ccc21. The summed E-state index contributed by atoms with van der Waals surface area (Å²) in [5, 5.41) is 3.47. The van der Waals surface area contributed by atoms with Crippen molar-refractivity contribution in [1.82, 2.24) is 9.55 Å². The monoisotopic (exact) mass is 307 g/mol. The number of carbonyl (C=O) groups is 1. The van der Waals surface area contributed by atoms with Gasteiger partial charge in [-0.3, -0.25) is 10.1 Å². The molecule has 2 heterocycles. The second-order valence-corrected chi connectivity index (χ2v) is 6.46. The van der Waals surface area contributed by atoms with E-state index in [-0.39, 0.29) is 11.5 Å². The average molecular weight is 308 g/mol. The lowest BCUT2D eigenvalue weighted by Crippen LogP contribution is -2.31. The van der Waals surface area contributed by atoms with E-state index in [1.165, 1.54) is 0 Å². The fourth-order valence-corrected chi connectivity index (χ4v) is 2.81. The van der Waals surface area contributed by atoms with Crippen molar-refractivity contribution in [2.45, 2.75) is 38.4 Å². The maximum absolute atomic E-state index is 12.3. The van der Waals surface area contributed by atoms with E-state index in [2.05, 4.69) is 10.3 Å². The Labute approximate surface area is 128 Å². The Kier molecular flexibility index (Phi) is 3.42. The van der Waals surface area contributed by atoms with E-state index in [1.54, 1.807) is 12.1 Å². The molecule has 1 aromatic carbocycles. The van der Waals surface area contributed by atoms with Gasteiger partial charge in [-0.05, 0) is 44.9 Å². The molecule has 112 valence electrons. The maximum atomic E-state index is 12.3. The molecule has 5 nitrogen and oxygen atoms in total. The summed E-state index contributed by atoms with van der Waals surface area (Å²) >= 11 is 5.96. The summed E-state index contributed by atoms with van der Waals surface area (Å²) in [6.07, 6.45) is 1.20. The number of ether oxygens (including phenoxy) is 1. The highest BCUT2D eigenvalue weighted by atomic mass is 35.5. The molecule has 6 heteroatoms. The molecular weight excluding hydrogens is 290 g/mol. The summed E-state index contributed by atoms with van der Waals surface area (Å²) < 4.78 is 7.58. The zero-order chi connectivity index (χ0) is 15.2. The third-order valence-corrected chi connectivity index (χ3v) is 4.08. The van der Waals surface area contributed by atoms with Crippen LogP contribution in [0.2, 0.25) is 5.02 Å². The molecule has 0 spiro atoms. The van der Waals surface area contributed by atoms with Crippen LogP contribution < -0.4 is 5.32 Å². The topological polar surface area (TPSA) is 56.2 Å². The summed E-state index contributed by atoms with van der Waals surface area (Å²) in [6, 6.07) is 5.47. The van der Waals surface area contributed by atoms with Gasteiger partial charge in [0.2, 0.25) is 5.95 Å². The molecule has 0 radical (unpaired) electrons. The lowest BCUT2D eigenvalue weighted by atomic mass is 10.1. The highest BCUT2D eigenvalue weighted by Crippen LogP contribution is 2.30. The van der Waals surface area contributed by atoms with Crippen LogP contribution in [0.4, 0.5) is 5.95 Å². The minimum Gasteiger partial charge on any atom is -0.363 e. The predicted octanol–water partition coefficient (Wildman–Crippen LogP) is 3.12. The van der Waals surface area contributed by atoms with Crippen LogP contribution in [0.15, 0.2) is 18.2 Å². The summed E-state index contributed by atoms with van der Waals surface area (Å²) in [6.45, 7) is 3.99. The van der Waals surface area contributed by atoms with Crippen molar-refractivity contribution >= 4 is 34.5 Å². The van der Waals surface area contributed by atoms with Gasteiger partial charge in [-0.15, -0.1) is 0 Å². The number of halogens is 1. The van der Waals surface area contributed by atoms with Gasteiger partial charge in [-0.25, -0.2) is 4.98 Å². The molecule has 1 fully saturated rings. The van der Waals surface area contributed by atoms with Crippen molar-refractivity contribution in [1.29, 1.82) is 0 Å². The van der Waals surface area contributed by atoms with Gasteiger partial charge in [0.15, 0.2) is 0 Å². The first kappa shape index (κ1) is 14.4. The van der Waals surface area contributed by atoms with Crippen LogP contribution in [0, 0.1) is 0 Å². The van der Waals surface area contributed by atoms with Crippen molar-refractivity contribution in [3.05, 3.63) is 23.2 Å². The molecule has 1 atom stereocenters. The number of nitrogens with one attached hydrogen (secondary N) is 1. The van der Waals surface area contributed by atoms with Crippen LogP contribution in [0.5, 0.6) is 0 Å². The van der Waals surface area contributed by atoms with Gasteiger partial charge in [0.25, 0.3) is 5.91 Å². The third kappa shape index (κ3) is 2.76. The number of rotatable bonds is 2. The third-order valence-electron chi connectivity index (χ3n) is 3.84. The summed E-state index contributed by atoms with van der Waals surface area (Å²) in [5.74, 6) is 0.357. The van der Waals surface area contributed by atoms with Crippen LogP contribution in [-0.2, 0) is 16.6 Å². The van der Waals surface area contributed by atoms with E-state index in [0.29, 0.717) is 11.0 Å². The van der Waals surface area contributed by atoms with E-state index in [0.717, 1.165) is 23.9 Å². The van der Waals surface area contributed by atoms with Gasteiger partial charge >= 0.3 is 0 Å². The van der Waals surface area contributed by atoms with E-state index in [1.807, 2.05) is 31.5 Å². The van der Waals surface area contributed by atoms with Crippen molar-refractivity contribution in [3.63, 3.8) is 0 Å². The molecule has 3 rings (SSSR count). The summed E-state index contributed by atoms with van der Waals surface area (Å²) in [7, 11) is 1.86. The number of hydrogen-bond acceptors (Lipinski definition) is 3. The number of nitrogens with zero attached hydrogens (tertiary/aromatic N) is 2. The van der Waals surface area contributed by atoms with Crippen LogP contribution in [0.1, 0.15) is 26.7 Å². The largest absolute Gasteiger partial charge is 0.363 e. The van der Waals surface area contributed by atoms with Crippen molar-refractivity contribution in [3.8, 4) is 0 Å². The van der Waals surface area contributed by atoms with Crippen molar-refractivity contribution in [2.75, 3.05) is 5.32 Å². The van der Waals surface area contributed by atoms with Crippen molar-refractivity contribution in [2.24, 2.45) is 7.05 Å². The first-order valence-corrected chi connectivity index (χ1v) is 7.34. The van der Waals surface area contributed by atoms with E-state index in [4.69, 9.17) is 16.3 Å². The van der Waals surface area contributed by atoms with Crippen LogP contribution in [-0.4, -0.2) is 27.2 Å². The van der Waals surface area contributed by atoms with E-state index in [9.17, 15) is 4.79 Å². The molecule has 1 aliphatic rings. The number of aromatic nitrogens is 2. The zero-order valence-corrected chi connectivity index (χ0v) is 13.1. The Morgan fingerprint density at radius 3 is 2.95 bits per heavy atom. The Hall–Kier alpha value is -1.59. The van der Waals surface area contributed by atoms with Crippen LogP contribution in [0.3, 0.4) is 0 Å². The molecule has 1 N–H and O–H groups in total. The fourth-order valence-electron chi connectivity index (χ4n) is 2.64. The first-order valence-electron chi connectivity index (χ1n) is 6.96. The van der Waals surface area contributed by atoms with Gasteiger partial charge in [0.05, 0.1) is 16.6 Å². The molecule has 21 heavy (non-hydrogen) atoms. The number of hydrogen-bond donors (Lipinski definition) is 1. The minimum atomic E-state index is -0.414. The second-order valence-electron chi connectivity index (χ2n) is 6.02. The quantitative estimate of drug-likeness (QED) is 0.927. The highest BCUT2D eigenvalue weighted by Gasteiger charge is 2.36. The van der Waals surface area contributed by atoms with E-state index < -0.39 is 6.10 Å². The zero-order valence-electron chi connectivity index (χ0n) is 12.3. The number of fused-ring (bicyclic) bond motifs is 1. The Morgan fingerprint density at radius 1 is 1.52 bits per heavy atom. The molecule has 0 bridgehead atoms. The number of benzene rings is 1. The summed E-state index contributed by atoms with van der Waals surface area (Å²) in [4.78, 5) is 16.7. The number of anilines is 1. The van der Waals surface area contributed by atoms with Crippen molar-refractivity contribution < 1.29 is 9.53 Å². The van der Waals surface area contributed by atoms with Gasteiger partial charge in [0, 0.05) is 12.1 Å². The molecule has 1 unspecified atom stereocenters. The number of amides is 1. The molecule has 1 aliphatic heterocycles.